The van der Waals surface area contributed by atoms with Crippen LogP contribution in [0, 0.1) is 6.92 Å². The first-order chi connectivity index (χ1) is 14.0. The third kappa shape index (κ3) is 4.02. The van der Waals surface area contributed by atoms with Crippen LogP contribution < -0.4 is 11.0 Å². The maximum absolute atomic E-state index is 12.7. The van der Waals surface area contributed by atoms with Crippen LogP contribution in [0.5, 0.6) is 0 Å². The van der Waals surface area contributed by atoms with Gasteiger partial charge >= 0.3 is 5.69 Å². The lowest BCUT2D eigenvalue weighted by molar-refractivity contribution is -0.122. The molecule has 0 saturated heterocycles. The Labute approximate surface area is 170 Å². The van der Waals surface area contributed by atoms with Gasteiger partial charge in [-0.15, -0.1) is 5.10 Å². The number of benzene rings is 1. The van der Waals surface area contributed by atoms with Gasteiger partial charge in [0.2, 0.25) is 5.91 Å². The number of rotatable bonds is 5. The monoisotopic (exact) mass is 408 g/mol. The van der Waals surface area contributed by atoms with Crippen molar-refractivity contribution in [2.45, 2.75) is 20.0 Å². The molecule has 1 amide bonds. The first-order valence-corrected chi connectivity index (χ1v) is 9.28. The highest BCUT2D eigenvalue weighted by Crippen LogP contribution is 2.17. The van der Waals surface area contributed by atoms with Crippen molar-refractivity contribution in [2.24, 2.45) is 0 Å². The summed E-state index contributed by atoms with van der Waals surface area (Å²) < 4.78 is 2.52. The normalized spacial score (nSPS) is 11.0. The summed E-state index contributed by atoms with van der Waals surface area (Å²) in [4.78, 5) is 33.4. The molecule has 29 heavy (non-hydrogen) atoms. The van der Waals surface area contributed by atoms with E-state index in [0.29, 0.717) is 28.7 Å². The van der Waals surface area contributed by atoms with Crippen molar-refractivity contribution in [3.05, 3.63) is 81.8 Å². The highest BCUT2D eigenvalue weighted by atomic mass is 35.5. The molecular weight excluding hydrogens is 392 g/mol. The number of nitrogens with zero attached hydrogens (tertiary/aromatic N) is 5. The van der Waals surface area contributed by atoms with Crippen molar-refractivity contribution < 1.29 is 4.79 Å². The lowest BCUT2D eigenvalue weighted by Crippen LogP contribution is -2.32. The molecule has 0 saturated carbocycles. The van der Waals surface area contributed by atoms with E-state index in [4.69, 9.17) is 11.6 Å². The molecule has 0 bridgehead atoms. The second-order valence-electron chi connectivity index (χ2n) is 6.46. The molecule has 3 aromatic heterocycles. The Morgan fingerprint density at radius 1 is 1.14 bits per heavy atom. The zero-order valence-corrected chi connectivity index (χ0v) is 16.3. The molecule has 0 spiro atoms. The van der Waals surface area contributed by atoms with E-state index in [2.05, 4.69) is 20.4 Å². The lowest BCUT2D eigenvalue weighted by Gasteiger charge is -2.05. The fourth-order valence-corrected chi connectivity index (χ4v) is 3.10. The number of pyridine rings is 1. The van der Waals surface area contributed by atoms with Crippen LogP contribution in [-0.4, -0.2) is 30.1 Å². The molecule has 0 fully saturated rings. The molecule has 4 aromatic rings. The van der Waals surface area contributed by atoms with Gasteiger partial charge in [0.25, 0.3) is 0 Å². The fourth-order valence-electron chi connectivity index (χ4n) is 2.97. The first kappa shape index (κ1) is 18.8. The number of carbonyl (C=O) groups is 1. The van der Waals surface area contributed by atoms with E-state index in [-0.39, 0.29) is 12.5 Å². The van der Waals surface area contributed by atoms with Crippen LogP contribution in [0.15, 0.2) is 59.7 Å². The number of fused-ring (bicyclic) bond motifs is 1. The zero-order valence-electron chi connectivity index (χ0n) is 15.5. The summed E-state index contributed by atoms with van der Waals surface area (Å²) in [5, 5.41) is 7.71. The number of aryl methyl sites for hydroxylation is 1. The highest BCUT2D eigenvalue weighted by molar-refractivity contribution is 6.30. The van der Waals surface area contributed by atoms with E-state index in [1.165, 1.54) is 4.40 Å². The topological polar surface area (TPSA) is 94.2 Å². The van der Waals surface area contributed by atoms with E-state index in [9.17, 15) is 9.59 Å². The van der Waals surface area contributed by atoms with Gasteiger partial charge in [-0.3, -0.25) is 9.78 Å². The minimum atomic E-state index is -0.409. The summed E-state index contributed by atoms with van der Waals surface area (Å²) in [5.41, 5.74) is 2.48. The Bertz CT molecular complexity index is 1230. The Morgan fingerprint density at radius 2 is 1.86 bits per heavy atom. The third-order valence-corrected chi connectivity index (χ3v) is 4.66. The van der Waals surface area contributed by atoms with Crippen LogP contribution in [0.4, 0.5) is 0 Å². The summed E-state index contributed by atoms with van der Waals surface area (Å²) in [7, 11) is 0. The maximum atomic E-state index is 12.7. The van der Waals surface area contributed by atoms with Crippen LogP contribution in [0.2, 0.25) is 5.02 Å². The van der Waals surface area contributed by atoms with Crippen molar-refractivity contribution in [1.29, 1.82) is 0 Å². The molecule has 8 nitrogen and oxygen atoms in total. The Kier molecular flexibility index (Phi) is 5.09. The molecule has 0 unspecified atom stereocenters. The average molecular weight is 409 g/mol. The van der Waals surface area contributed by atoms with E-state index in [0.717, 1.165) is 15.8 Å². The molecule has 3 heterocycles. The lowest BCUT2D eigenvalue weighted by atomic mass is 10.2. The van der Waals surface area contributed by atoms with Crippen LogP contribution in [0.3, 0.4) is 0 Å². The van der Waals surface area contributed by atoms with E-state index in [1.54, 1.807) is 37.5 Å². The molecule has 0 aliphatic rings. The number of carbonyl (C=O) groups excluding carboxylic acids is 1. The Balaban J connectivity index is 1.55. The van der Waals surface area contributed by atoms with Crippen molar-refractivity contribution in [3.8, 4) is 11.3 Å². The minimum Gasteiger partial charge on any atom is -0.350 e. The second kappa shape index (κ2) is 7.84. The van der Waals surface area contributed by atoms with Gasteiger partial charge in [0.1, 0.15) is 12.4 Å². The summed E-state index contributed by atoms with van der Waals surface area (Å²) >= 11 is 5.86. The molecule has 0 radical (unpaired) electrons. The average Bonchev–Trinajstić information content (AvgIpc) is 3.04. The third-order valence-electron chi connectivity index (χ3n) is 4.41. The minimum absolute atomic E-state index is 0.182. The second-order valence-corrected chi connectivity index (χ2v) is 6.90. The number of hydrogen-bond acceptors (Lipinski definition) is 5. The van der Waals surface area contributed by atoms with Gasteiger partial charge in [-0.05, 0) is 36.8 Å². The summed E-state index contributed by atoms with van der Waals surface area (Å²) in [6.07, 6.45) is 3.35. The smallest absolute Gasteiger partial charge is 0.350 e. The van der Waals surface area contributed by atoms with Crippen molar-refractivity contribution >= 4 is 23.2 Å². The molecule has 0 aliphatic heterocycles. The Morgan fingerprint density at radius 3 is 2.59 bits per heavy atom. The van der Waals surface area contributed by atoms with Gasteiger partial charge in [-0.25, -0.2) is 18.9 Å². The van der Waals surface area contributed by atoms with E-state index in [1.807, 2.05) is 24.3 Å². The summed E-state index contributed by atoms with van der Waals surface area (Å²) in [5.74, 6) is 0.178. The number of amides is 1. The molecular formula is C20H17ClN6O2. The molecule has 0 atom stereocenters. The molecule has 9 heteroatoms. The molecule has 0 aliphatic carbocycles. The zero-order chi connectivity index (χ0) is 20.4. The Hall–Kier alpha value is -3.52. The quantitative estimate of drug-likeness (QED) is 0.546. The summed E-state index contributed by atoms with van der Waals surface area (Å²) in [6.45, 7) is 1.88. The predicted molar refractivity (Wildman–Crippen MR) is 109 cm³/mol. The van der Waals surface area contributed by atoms with E-state index < -0.39 is 5.69 Å². The predicted octanol–water partition coefficient (Wildman–Crippen LogP) is 2.23. The van der Waals surface area contributed by atoms with Gasteiger partial charge in [0, 0.05) is 35.6 Å². The van der Waals surface area contributed by atoms with Crippen LogP contribution >= 0.6 is 11.6 Å². The van der Waals surface area contributed by atoms with Gasteiger partial charge < -0.3 is 5.32 Å². The fraction of sp³-hybridized carbons (Fsp3) is 0.150. The highest BCUT2D eigenvalue weighted by Gasteiger charge is 2.14. The number of hydrogen-bond donors (Lipinski definition) is 1. The van der Waals surface area contributed by atoms with Crippen molar-refractivity contribution in [2.75, 3.05) is 0 Å². The number of aromatic nitrogens is 5. The molecule has 4 rings (SSSR count). The number of nitrogens with one attached hydrogen (secondary N) is 1. The van der Waals surface area contributed by atoms with Crippen molar-refractivity contribution in [3.63, 3.8) is 0 Å². The van der Waals surface area contributed by atoms with Gasteiger partial charge in [0.15, 0.2) is 5.65 Å². The van der Waals surface area contributed by atoms with Crippen LogP contribution in [0.1, 0.15) is 11.4 Å². The largest absolute Gasteiger partial charge is 0.352 e. The maximum Gasteiger partial charge on any atom is 0.352 e. The molecule has 1 N–H and O–H groups in total. The summed E-state index contributed by atoms with van der Waals surface area (Å²) in [6, 6.07) is 12.5. The first-order valence-electron chi connectivity index (χ1n) is 8.90. The van der Waals surface area contributed by atoms with Crippen LogP contribution in [0.25, 0.3) is 16.9 Å². The standard InChI is InChI=1S/C20H17ClN6O2/c1-13-24-17(15-6-8-22-9-7-15)10-18-25-26(20(29)27(13)18)12-19(28)23-11-14-2-4-16(21)5-3-14/h2-10H,11-12H2,1H3,(H,23,28). The van der Waals surface area contributed by atoms with E-state index >= 15 is 0 Å². The van der Waals surface area contributed by atoms with Crippen molar-refractivity contribution in [1.82, 2.24) is 29.5 Å². The van der Waals surface area contributed by atoms with Gasteiger partial charge in [-0.2, -0.15) is 0 Å². The van der Waals surface area contributed by atoms with Crippen LogP contribution in [-0.2, 0) is 17.9 Å². The van der Waals surface area contributed by atoms with Gasteiger partial charge in [-0.1, -0.05) is 23.7 Å². The number of halogens is 1. The van der Waals surface area contributed by atoms with Gasteiger partial charge in [0.05, 0.1) is 5.69 Å². The SMILES string of the molecule is Cc1nc(-c2ccncc2)cc2nn(CC(=O)NCc3ccc(Cl)cc3)c(=O)n12. The molecule has 146 valence electrons. The molecule has 1 aromatic carbocycles.